The van der Waals surface area contributed by atoms with Crippen molar-refractivity contribution >= 4 is 17.4 Å². The molecule has 1 aromatic rings. The standard InChI is InChI=1S/C21H23NO4/c1-13-12-15(22-20(23)18-4-3-5-19(18)21(24)25)8-11-17(13)14-6-9-16(26-2)10-7-14/h6-7,9-12,15H,3-5,8H2,1-2H3,(H,22,23)(H,24,25)/t15-/m0/s1. The average Bonchev–Trinajstić information content (AvgIpc) is 3.12. The number of carbonyl (C=O) groups is 2. The molecule has 0 bridgehead atoms. The molecule has 5 heteroatoms. The van der Waals surface area contributed by atoms with Gasteiger partial charge in [0.25, 0.3) is 0 Å². The van der Waals surface area contributed by atoms with Gasteiger partial charge in [-0.25, -0.2) is 4.79 Å². The zero-order valence-corrected chi connectivity index (χ0v) is 15.0. The fourth-order valence-corrected chi connectivity index (χ4v) is 3.57. The van der Waals surface area contributed by atoms with Crippen LogP contribution in [0.4, 0.5) is 0 Å². The third-order valence-corrected chi connectivity index (χ3v) is 4.92. The van der Waals surface area contributed by atoms with E-state index in [9.17, 15) is 14.7 Å². The molecule has 0 aromatic heterocycles. The van der Waals surface area contributed by atoms with Gasteiger partial charge in [-0.05, 0) is 61.4 Å². The lowest BCUT2D eigenvalue weighted by atomic mass is 9.90. The maximum Gasteiger partial charge on any atom is 0.332 e. The van der Waals surface area contributed by atoms with Crippen molar-refractivity contribution in [3.8, 4) is 5.75 Å². The van der Waals surface area contributed by atoms with Crippen LogP contribution in [0, 0.1) is 0 Å². The maximum atomic E-state index is 12.5. The Balaban J connectivity index is 1.70. The third-order valence-electron chi connectivity index (χ3n) is 4.92. The van der Waals surface area contributed by atoms with Gasteiger partial charge in [0.2, 0.25) is 5.91 Å². The summed E-state index contributed by atoms with van der Waals surface area (Å²) in [5.74, 6) is -0.420. The van der Waals surface area contributed by atoms with Gasteiger partial charge in [0.05, 0.1) is 13.2 Å². The number of rotatable bonds is 5. The number of hydrogen-bond donors (Lipinski definition) is 2. The van der Waals surface area contributed by atoms with Crippen LogP contribution in [0.5, 0.6) is 5.75 Å². The van der Waals surface area contributed by atoms with Gasteiger partial charge in [0.15, 0.2) is 0 Å². The van der Waals surface area contributed by atoms with Crippen LogP contribution in [0.2, 0.25) is 0 Å². The minimum absolute atomic E-state index is 0.118. The summed E-state index contributed by atoms with van der Waals surface area (Å²) in [7, 11) is 1.64. The average molecular weight is 353 g/mol. The monoisotopic (exact) mass is 353 g/mol. The van der Waals surface area contributed by atoms with E-state index in [4.69, 9.17) is 4.74 Å². The van der Waals surface area contributed by atoms with Gasteiger partial charge < -0.3 is 15.2 Å². The number of aliphatic carboxylic acids is 1. The summed E-state index contributed by atoms with van der Waals surface area (Å²) >= 11 is 0. The first-order valence-electron chi connectivity index (χ1n) is 8.79. The Bertz CT molecular complexity index is 815. The molecule has 0 saturated carbocycles. The highest BCUT2D eigenvalue weighted by atomic mass is 16.5. The summed E-state index contributed by atoms with van der Waals surface area (Å²) in [5.41, 5.74) is 4.02. The van der Waals surface area contributed by atoms with Crippen molar-refractivity contribution in [1.29, 1.82) is 0 Å². The van der Waals surface area contributed by atoms with Gasteiger partial charge in [-0.3, -0.25) is 4.79 Å². The van der Waals surface area contributed by atoms with Crippen molar-refractivity contribution < 1.29 is 19.4 Å². The Labute approximate surface area is 153 Å². The number of ether oxygens (including phenoxy) is 1. The normalized spacial score (nSPS) is 19.7. The second kappa shape index (κ2) is 7.60. The highest BCUT2D eigenvalue weighted by molar-refractivity contribution is 6.03. The third kappa shape index (κ3) is 3.72. The Kier molecular flexibility index (Phi) is 5.26. The van der Waals surface area contributed by atoms with E-state index in [1.165, 1.54) is 0 Å². The fourth-order valence-electron chi connectivity index (χ4n) is 3.57. The van der Waals surface area contributed by atoms with E-state index in [0.717, 1.165) is 28.9 Å². The number of carboxylic acids is 1. The lowest BCUT2D eigenvalue weighted by molar-refractivity contribution is -0.133. The first-order valence-corrected chi connectivity index (χ1v) is 8.79. The zero-order chi connectivity index (χ0) is 18.7. The second-order valence-electron chi connectivity index (χ2n) is 6.63. The number of amides is 1. The van der Waals surface area contributed by atoms with Crippen LogP contribution in [0.1, 0.15) is 38.2 Å². The van der Waals surface area contributed by atoms with Crippen LogP contribution in [-0.2, 0) is 9.59 Å². The first-order chi connectivity index (χ1) is 12.5. The summed E-state index contributed by atoms with van der Waals surface area (Å²) in [6.07, 6.45) is 6.57. The van der Waals surface area contributed by atoms with Crippen molar-refractivity contribution in [2.75, 3.05) is 7.11 Å². The van der Waals surface area contributed by atoms with E-state index in [-0.39, 0.29) is 17.5 Å². The Hall–Kier alpha value is -2.82. The molecule has 0 heterocycles. The molecule has 1 aromatic carbocycles. The van der Waals surface area contributed by atoms with Crippen molar-refractivity contribution in [2.45, 2.75) is 38.6 Å². The first kappa shape index (κ1) is 18.0. The van der Waals surface area contributed by atoms with Gasteiger partial charge in [0, 0.05) is 11.1 Å². The van der Waals surface area contributed by atoms with Crippen LogP contribution >= 0.6 is 0 Å². The van der Waals surface area contributed by atoms with Crippen LogP contribution in [0.25, 0.3) is 5.57 Å². The van der Waals surface area contributed by atoms with Crippen LogP contribution in [0.3, 0.4) is 0 Å². The number of carboxylic acid groups (broad SMARTS) is 1. The van der Waals surface area contributed by atoms with Crippen molar-refractivity contribution in [3.05, 3.63) is 58.7 Å². The van der Waals surface area contributed by atoms with Crippen molar-refractivity contribution in [1.82, 2.24) is 5.32 Å². The van der Waals surface area contributed by atoms with Crippen LogP contribution in [0.15, 0.2) is 53.1 Å². The lowest BCUT2D eigenvalue weighted by Gasteiger charge is -2.22. The number of hydrogen-bond acceptors (Lipinski definition) is 3. The van der Waals surface area contributed by atoms with Crippen LogP contribution < -0.4 is 10.1 Å². The molecule has 1 atom stereocenters. The van der Waals surface area contributed by atoms with Gasteiger partial charge in [-0.15, -0.1) is 0 Å². The number of methoxy groups -OCH3 is 1. The SMILES string of the molecule is COc1ccc(C2=CC[C@H](NC(=O)C3=C(C(=O)O)CCC3)C=C2C)cc1. The summed E-state index contributed by atoms with van der Waals surface area (Å²) in [5, 5.41) is 12.2. The molecule has 0 saturated heterocycles. The van der Waals surface area contributed by atoms with Gasteiger partial charge in [0.1, 0.15) is 5.75 Å². The molecule has 2 aliphatic carbocycles. The molecular formula is C21H23NO4. The Morgan fingerprint density at radius 3 is 2.46 bits per heavy atom. The molecule has 26 heavy (non-hydrogen) atoms. The van der Waals surface area contributed by atoms with Gasteiger partial charge >= 0.3 is 5.97 Å². The minimum atomic E-state index is -0.982. The summed E-state index contributed by atoms with van der Waals surface area (Å²) in [6, 6.07) is 7.77. The molecule has 0 fully saturated rings. The fraction of sp³-hybridized carbons (Fsp3) is 0.333. The summed E-state index contributed by atoms with van der Waals surface area (Å²) in [4.78, 5) is 23.7. The molecule has 2 N–H and O–H groups in total. The van der Waals surface area contributed by atoms with E-state index in [2.05, 4.69) is 11.4 Å². The van der Waals surface area contributed by atoms with E-state index in [1.807, 2.05) is 37.3 Å². The molecular weight excluding hydrogens is 330 g/mol. The maximum absolute atomic E-state index is 12.5. The number of nitrogens with one attached hydrogen (secondary N) is 1. The van der Waals surface area contributed by atoms with E-state index < -0.39 is 5.97 Å². The van der Waals surface area contributed by atoms with Crippen LogP contribution in [-0.4, -0.2) is 30.1 Å². The summed E-state index contributed by atoms with van der Waals surface area (Å²) in [6.45, 7) is 2.02. The van der Waals surface area contributed by atoms with E-state index in [1.54, 1.807) is 7.11 Å². The van der Waals surface area contributed by atoms with Gasteiger partial charge in [-0.2, -0.15) is 0 Å². The largest absolute Gasteiger partial charge is 0.497 e. The minimum Gasteiger partial charge on any atom is -0.497 e. The Morgan fingerprint density at radius 1 is 1.15 bits per heavy atom. The molecule has 5 nitrogen and oxygen atoms in total. The second-order valence-corrected chi connectivity index (χ2v) is 6.63. The quantitative estimate of drug-likeness (QED) is 0.850. The number of allylic oxidation sites excluding steroid dienone is 2. The molecule has 3 rings (SSSR count). The zero-order valence-electron chi connectivity index (χ0n) is 15.0. The molecule has 0 aliphatic heterocycles. The lowest BCUT2D eigenvalue weighted by Crippen LogP contribution is -2.35. The predicted octanol–water partition coefficient (Wildman–Crippen LogP) is 3.48. The Morgan fingerprint density at radius 2 is 1.85 bits per heavy atom. The highest BCUT2D eigenvalue weighted by Crippen LogP contribution is 2.30. The molecule has 0 radical (unpaired) electrons. The van der Waals surface area contributed by atoms with Gasteiger partial charge in [-0.1, -0.05) is 24.3 Å². The summed E-state index contributed by atoms with van der Waals surface area (Å²) < 4.78 is 5.19. The van der Waals surface area contributed by atoms with E-state index >= 15 is 0 Å². The molecule has 2 aliphatic rings. The van der Waals surface area contributed by atoms with Crippen molar-refractivity contribution in [3.63, 3.8) is 0 Å². The molecule has 1 amide bonds. The molecule has 136 valence electrons. The molecule has 0 unspecified atom stereocenters. The number of benzene rings is 1. The predicted molar refractivity (Wildman–Crippen MR) is 99.8 cm³/mol. The molecule has 0 spiro atoms. The number of carbonyl (C=O) groups excluding carboxylic acids is 1. The smallest absolute Gasteiger partial charge is 0.332 e. The topological polar surface area (TPSA) is 75.6 Å². The van der Waals surface area contributed by atoms with Crippen molar-refractivity contribution in [2.24, 2.45) is 0 Å². The van der Waals surface area contributed by atoms with E-state index in [0.29, 0.717) is 24.8 Å². The highest BCUT2D eigenvalue weighted by Gasteiger charge is 2.26.